The third kappa shape index (κ3) is 6.60. The lowest BCUT2D eigenvalue weighted by atomic mass is 9.92. The van der Waals surface area contributed by atoms with Gasteiger partial charge in [0.15, 0.2) is 11.9 Å². The molecule has 0 saturated heterocycles. The van der Waals surface area contributed by atoms with Gasteiger partial charge in [0.05, 0.1) is 4.47 Å². The molecule has 2 aromatic heterocycles. The van der Waals surface area contributed by atoms with Gasteiger partial charge in [-0.1, -0.05) is 41.5 Å². The number of hydrogen-bond donors (Lipinski definition) is 0. The molecule has 0 aromatic carbocycles. The van der Waals surface area contributed by atoms with Crippen molar-refractivity contribution >= 4 is 31.9 Å². The van der Waals surface area contributed by atoms with Gasteiger partial charge in [-0.15, -0.1) is 0 Å². The monoisotopic (exact) mass is 442 g/mol. The van der Waals surface area contributed by atoms with Crippen molar-refractivity contribution in [1.82, 2.24) is 4.98 Å². The maximum absolute atomic E-state index is 11.4. The normalized spacial score (nSPS) is 11.7. The number of aromatic nitrogens is 2. The summed E-state index contributed by atoms with van der Waals surface area (Å²) in [5.74, 6) is 0. The average Bonchev–Trinajstić information content (AvgIpc) is 2.37. The highest BCUT2D eigenvalue weighted by atomic mass is 79.9. The molecule has 0 saturated carbocycles. The highest BCUT2D eigenvalue weighted by Crippen LogP contribution is 2.21. The van der Waals surface area contributed by atoms with Gasteiger partial charge in [0.25, 0.3) is 0 Å². The summed E-state index contributed by atoms with van der Waals surface area (Å²) in [4.78, 5) is 4.30. The Hall–Kier alpha value is -0.940. The summed E-state index contributed by atoms with van der Waals surface area (Å²) >= 11 is 6.59. The van der Waals surface area contributed by atoms with Crippen LogP contribution in [-0.2, 0) is 10.8 Å². The molecule has 5 heteroatoms. The molecule has 23 heavy (non-hydrogen) atoms. The van der Waals surface area contributed by atoms with Gasteiger partial charge in [-0.25, -0.2) is 0 Å². The van der Waals surface area contributed by atoms with Crippen LogP contribution < -0.4 is 4.73 Å². The molecule has 2 aromatic rings. The fourth-order valence-corrected chi connectivity index (χ4v) is 2.41. The Balaban J connectivity index is 0.000000231. The van der Waals surface area contributed by atoms with Gasteiger partial charge in [-0.05, 0) is 50.1 Å². The molecule has 3 nitrogen and oxygen atoms in total. The van der Waals surface area contributed by atoms with Gasteiger partial charge in [0, 0.05) is 33.3 Å². The Morgan fingerprint density at radius 1 is 0.870 bits per heavy atom. The molecule has 0 aliphatic rings. The lowest BCUT2D eigenvalue weighted by molar-refractivity contribution is -0.618. The minimum atomic E-state index is -0.0948. The number of pyridine rings is 2. The summed E-state index contributed by atoms with van der Waals surface area (Å²) in [7, 11) is 0. The molecule has 0 amide bonds. The standard InChI is InChI=1S/C9H12BrNO.C9H12BrN/c1-9(2,3)8-5-4-7(10)6-11(8)12;1-9(2,3)8-5-4-7(10)6-11-8/h4-6H,1-3H3;4-6H,1-3H3. The van der Waals surface area contributed by atoms with Crippen molar-refractivity contribution in [1.29, 1.82) is 0 Å². The van der Waals surface area contributed by atoms with E-state index in [1.54, 1.807) is 0 Å². The van der Waals surface area contributed by atoms with Crippen LogP contribution in [-0.4, -0.2) is 4.98 Å². The molecule has 0 fully saturated rings. The Morgan fingerprint density at radius 2 is 1.43 bits per heavy atom. The molecule has 126 valence electrons. The molecule has 0 aliphatic heterocycles. The third-order valence-corrected chi connectivity index (χ3v) is 4.08. The van der Waals surface area contributed by atoms with Crippen molar-refractivity contribution in [2.75, 3.05) is 0 Å². The summed E-state index contributed by atoms with van der Waals surface area (Å²) < 4.78 is 2.75. The van der Waals surface area contributed by atoms with Gasteiger partial charge in [0.2, 0.25) is 0 Å². The van der Waals surface area contributed by atoms with Gasteiger partial charge in [0.1, 0.15) is 0 Å². The SMILES string of the molecule is CC(C)(C)c1ccc(Br)c[n+]1[O-].CC(C)(C)c1ccc(Br)cn1. The Bertz CT molecular complexity index is 642. The van der Waals surface area contributed by atoms with E-state index in [0.717, 1.165) is 25.1 Å². The van der Waals surface area contributed by atoms with Crippen molar-refractivity contribution in [3.05, 3.63) is 62.2 Å². The first-order chi connectivity index (χ1) is 10.4. The summed E-state index contributed by atoms with van der Waals surface area (Å²) in [6.07, 6.45) is 3.36. The lowest BCUT2D eigenvalue weighted by Crippen LogP contribution is -2.37. The minimum Gasteiger partial charge on any atom is -0.618 e. The summed E-state index contributed by atoms with van der Waals surface area (Å²) in [5, 5.41) is 11.4. The molecule has 0 bridgehead atoms. The van der Waals surface area contributed by atoms with E-state index in [-0.39, 0.29) is 10.8 Å². The zero-order valence-corrected chi connectivity index (χ0v) is 17.7. The molecule has 0 unspecified atom stereocenters. The van der Waals surface area contributed by atoms with Crippen LogP contribution in [0.1, 0.15) is 52.9 Å². The Kier molecular flexibility index (Phi) is 6.78. The maximum Gasteiger partial charge on any atom is 0.198 e. The van der Waals surface area contributed by atoms with Crippen LogP contribution in [0.25, 0.3) is 0 Å². The van der Waals surface area contributed by atoms with Crippen LogP contribution in [0, 0.1) is 5.21 Å². The maximum atomic E-state index is 11.4. The molecule has 0 N–H and O–H groups in total. The van der Waals surface area contributed by atoms with Crippen LogP contribution in [0.5, 0.6) is 0 Å². The predicted octanol–water partition coefficient (Wildman–Crippen LogP) is 5.52. The largest absolute Gasteiger partial charge is 0.618 e. The zero-order valence-electron chi connectivity index (χ0n) is 14.5. The highest BCUT2D eigenvalue weighted by Gasteiger charge is 2.22. The van der Waals surface area contributed by atoms with E-state index in [4.69, 9.17) is 0 Å². The average molecular weight is 444 g/mol. The molecule has 2 heterocycles. The fourth-order valence-electron chi connectivity index (χ4n) is 1.86. The quantitative estimate of drug-likeness (QED) is 0.397. The van der Waals surface area contributed by atoms with Crippen molar-refractivity contribution < 1.29 is 4.73 Å². The Labute approximate surface area is 156 Å². The van der Waals surface area contributed by atoms with E-state index in [2.05, 4.69) is 57.6 Å². The predicted molar refractivity (Wildman–Crippen MR) is 102 cm³/mol. The van der Waals surface area contributed by atoms with Crippen LogP contribution in [0.3, 0.4) is 0 Å². The molecule has 0 spiro atoms. The number of hydrogen-bond acceptors (Lipinski definition) is 2. The zero-order chi connectivity index (χ0) is 17.8. The van der Waals surface area contributed by atoms with Crippen molar-refractivity contribution in [2.24, 2.45) is 0 Å². The smallest absolute Gasteiger partial charge is 0.198 e. The topological polar surface area (TPSA) is 39.8 Å². The second-order valence-electron chi connectivity index (χ2n) is 7.42. The van der Waals surface area contributed by atoms with Gasteiger partial charge < -0.3 is 5.21 Å². The first kappa shape index (κ1) is 20.1. The van der Waals surface area contributed by atoms with E-state index < -0.39 is 0 Å². The fraction of sp³-hybridized carbons (Fsp3) is 0.444. The first-order valence-electron chi connectivity index (χ1n) is 7.42. The summed E-state index contributed by atoms with van der Waals surface area (Å²) in [5.41, 5.74) is 1.97. The lowest BCUT2D eigenvalue weighted by Gasteiger charge is -2.16. The molecule has 2 rings (SSSR count). The first-order valence-corrected chi connectivity index (χ1v) is 9.01. The minimum absolute atomic E-state index is 0.0948. The number of nitrogens with zero attached hydrogens (tertiary/aromatic N) is 2. The molecule has 0 radical (unpaired) electrons. The summed E-state index contributed by atoms with van der Waals surface area (Å²) in [6, 6.07) is 7.80. The second kappa shape index (κ2) is 7.75. The van der Waals surface area contributed by atoms with E-state index >= 15 is 0 Å². The summed E-state index contributed by atoms with van der Waals surface area (Å²) in [6.45, 7) is 12.5. The molecule has 0 aliphatic carbocycles. The molecule has 0 atom stereocenters. The van der Waals surface area contributed by atoms with Gasteiger partial charge in [-0.2, -0.15) is 4.73 Å². The highest BCUT2D eigenvalue weighted by molar-refractivity contribution is 9.10. The van der Waals surface area contributed by atoms with E-state index in [0.29, 0.717) is 0 Å². The molecular weight excluding hydrogens is 420 g/mol. The van der Waals surface area contributed by atoms with E-state index in [9.17, 15) is 5.21 Å². The van der Waals surface area contributed by atoms with Crippen molar-refractivity contribution in [2.45, 2.75) is 52.4 Å². The van der Waals surface area contributed by atoms with Gasteiger partial charge in [-0.3, -0.25) is 4.98 Å². The van der Waals surface area contributed by atoms with E-state index in [1.807, 2.05) is 51.2 Å². The number of halogens is 2. The second-order valence-corrected chi connectivity index (χ2v) is 9.25. The van der Waals surface area contributed by atoms with Gasteiger partial charge >= 0.3 is 0 Å². The van der Waals surface area contributed by atoms with Crippen LogP contribution >= 0.6 is 31.9 Å². The Morgan fingerprint density at radius 3 is 1.83 bits per heavy atom. The molecular formula is C18H24Br2N2O. The van der Waals surface area contributed by atoms with Crippen molar-refractivity contribution in [3.8, 4) is 0 Å². The number of rotatable bonds is 0. The van der Waals surface area contributed by atoms with Crippen LogP contribution in [0.15, 0.2) is 45.6 Å². The van der Waals surface area contributed by atoms with E-state index in [1.165, 1.54) is 6.20 Å². The van der Waals surface area contributed by atoms with Crippen molar-refractivity contribution in [3.63, 3.8) is 0 Å². The van der Waals surface area contributed by atoms with Crippen LogP contribution in [0.4, 0.5) is 0 Å². The van der Waals surface area contributed by atoms with Crippen LogP contribution in [0.2, 0.25) is 0 Å². The third-order valence-electron chi connectivity index (χ3n) is 3.14.